The summed E-state index contributed by atoms with van der Waals surface area (Å²) in [4.78, 5) is 17.1. The minimum atomic E-state index is -0.483. The first-order valence-electron chi connectivity index (χ1n) is 10.3. The Hall–Kier alpha value is -2.73. The second kappa shape index (κ2) is 8.74. The molecule has 1 amide bonds. The summed E-state index contributed by atoms with van der Waals surface area (Å²) in [5.41, 5.74) is 2.32. The molecule has 0 radical (unpaired) electrons. The summed E-state index contributed by atoms with van der Waals surface area (Å²) in [6, 6.07) is 14.0. The third-order valence-corrected chi connectivity index (χ3v) is 5.53. The standard InChI is InChI=1S/C23H28N2O4/c1-3-19-6-4-5-7-20(19)29-17(2)23(26)25-12-10-24(11-13-25)15-18-8-9-21-22(14-18)28-16-27-21/h4-9,14,17H,3,10-13,15-16H2,1-2H3/t17-/m1/s1. The topological polar surface area (TPSA) is 51.2 Å². The summed E-state index contributed by atoms with van der Waals surface area (Å²) in [5.74, 6) is 2.48. The number of rotatable bonds is 6. The highest BCUT2D eigenvalue weighted by Crippen LogP contribution is 2.32. The van der Waals surface area contributed by atoms with Crippen LogP contribution in [0.2, 0.25) is 0 Å². The molecule has 0 aliphatic carbocycles. The molecule has 0 aromatic heterocycles. The van der Waals surface area contributed by atoms with Crippen LogP contribution in [0.15, 0.2) is 42.5 Å². The maximum Gasteiger partial charge on any atom is 0.263 e. The number of piperazine rings is 1. The number of carbonyl (C=O) groups excluding carboxylic acids is 1. The van der Waals surface area contributed by atoms with Crippen molar-refractivity contribution in [3.63, 3.8) is 0 Å². The van der Waals surface area contributed by atoms with Gasteiger partial charge in [-0.25, -0.2) is 0 Å². The lowest BCUT2D eigenvalue weighted by atomic mass is 10.1. The number of nitrogens with zero attached hydrogens (tertiary/aromatic N) is 2. The smallest absolute Gasteiger partial charge is 0.263 e. The number of fused-ring (bicyclic) bond motifs is 1. The van der Waals surface area contributed by atoms with E-state index in [-0.39, 0.29) is 5.91 Å². The minimum absolute atomic E-state index is 0.0543. The van der Waals surface area contributed by atoms with Gasteiger partial charge in [0.2, 0.25) is 6.79 Å². The van der Waals surface area contributed by atoms with E-state index in [1.54, 1.807) is 0 Å². The largest absolute Gasteiger partial charge is 0.481 e. The minimum Gasteiger partial charge on any atom is -0.481 e. The Morgan fingerprint density at radius 3 is 2.62 bits per heavy atom. The van der Waals surface area contributed by atoms with E-state index in [1.807, 2.05) is 48.2 Å². The molecule has 2 heterocycles. The van der Waals surface area contributed by atoms with E-state index in [0.29, 0.717) is 19.9 Å². The van der Waals surface area contributed by atoms with Crippen LogP contribution in [0, 0.1) is 0 Å². The van der Waals surface area contributed by atoms with Crippen LogP contribution >= 0.6 is 0 Å². The van der Waals surface area contributed by atoms with Crippen molar-refractivity contribution in [2.45, 2.75) is 32.9 Å². The van der Waals surface area contributed by atoms with E-state index in [1.165, 1.54) is 5.56 Å². The van der Waals surface area contributed by atoms with Crippen LogP contribution < -0.4 is 14.2 Å². The highest BCUT2D eigenvalue weighted by Gasteiger charge is 2.26. The molecule has 2 aromatic carbocycles. The second-order valence-corrected chi connectivity index (χ2v) is 7.51. The average Bonchev–Trinajstić information content (AvgIpc) is 3.22. The molecule has 1 atom stereocenters. The third kappa shape index (κ3) is 4.48. The fourth-order valence-electron chi connectivity index (χ4n) is 3.83. The number of amides is 1. The highest BCUT2D eigenvalue weighted by atomic mass is 16.7. The molecule has 0 saturated carbocycles. The zero-order valence-corrected chi connectivity index (χ0v) is 17.1. The maximum atomic E-state index is 12.8. The molecule has 6 heteroatoms. The van der Waals surface area contributed by atoms with Crippen LogP contribution in [0.3, 0.4) is 0 Å². The van der Waals surface area contributed by atoms with Gasteiger partial charge in [0.25, 0.3) is 5.91 Å². The number of carbonyl (C=O) groups is 1. The predicted octanol–water partition coefficient (Wildman–Crippen LogP) is 3.09. The Bertz CT molecular complexity index is 862. The van der Waals surface area contributed by atoms with Crippen molar-refractivity contribution in [2.24, 2.45) is 0 Å². The molecule has 29 heavy (non-hydrogen) atoms. The van der Waals surface area contributed by atoms with Gasteiger partial charge in [-0.3, -0.25) is 9.69 Å². The first kappa shape index (κ1) is 19.6. The summed E-state index contributed by atoms with van der Waals surface area (Å²) in [7, 11) is 0. The first-order valence-corrected chi connectivity index (χ1v) is 10.3. The van der Waals surface area contributed by atoms with Crippen molar-refractivity contribution in [3.8, 4) is 17.2 Å². The van der Waals surface area contributed by atoms with Gasteiger partial charge in [-0.2, -0.15) is 0 Å². The molecule has 0 N–H and O–H groups in total. The van der Waals surface area contributed by atoms with Gasteiger partial charge >= 0.3 is 0 Å². The van der Waals surface area contributed by atoms with Crippen molar-refractivity contribution in [1.82, 2.24) is 9.80 Å². The van der Waals surface area contributed by atoms with Gasteiger partial charge in [0, 0.05) is 32.7 Å². The zero-order chi connectivity index (χ0) is 20.2. The van der Waals surface area contributed by atoms with Gasteiger partial charge in [0.1, 0.15) is 5.75 Å². The summed E-state index contributed by atoms with van der Waals surface area (Å²) in [5, 5.41) is 0. The lowest BCUT2D eigenvalue weighted by molar-refractivity contribution is -0.139. The van der Waals surface area contributed by atoms with E-state index in [0.717, 1.165) is 48.9 Å². The molecule has 0 unspecified atom stereocenters. The molecular formula is C23H28N2O4. The average molecular weight is 396 g/mol. The van der Waals surface area contributed by atoms with Gasteiger partial charge in [-0.1, -0.05) is 31.2 Å². The number of para-hydroxylation sites is 1. The molecule has 0 spiro atoms. The molecule has 2 aromatic rings. The monoisotopic (exact) mass is 396 g/mol. The van der Waals surface area contributed by atoms with Gasteiger partial charge < -0.3 is 19.1 Å². The number of aryl methyl sites for hydroxylation is 1. The number of hydrogen-bond donors (Lipinski definition) is 0. The third-order valence-electron chi connectivity index (χ3n) is 5.53. The van der Waals surface area contributed by atoms with Crippen LogP contribution in [0.1, 0.15) is 25.0 Å². The summed E-state index contributed by atoms with van der Waals surface area (Å²) in [6.07, 6.45) is 0.401. The van der Waals surface area contributed by atoms with Crippen LogP contribution in [0.5, 0.6) is 17.2 Å². The van der Waals surface area contributed by atoms with Crippen LogP contribution in [0.25, 0.3) is 0 Å². The SMILES string of the molecule is CCc1ccccc1O[C@H](C)C(=O)N1CCN(Cc2ccc3c(c2)OCO3)CC1. The first-order chi connectivity index (χ1) is 14.1. The quantitative estimate of drug-likeness (QED) is 0.751. The molecule has 6 nitrogen and oxygen atoms in total. The van der Waals surface area contributed by atoms with Crippen LogP contribution in [-0.4, -0.2) is 54.8 Å². The Labute approximate surface area is 172 Å². The molecule has 4 rings (SSSR count). The predicted molar refractivity (Wildman–Crippen MR) is 110 cm³/mol. The van der Waals surface area contributed by atoms with Gasteiger partial charge in [0.05, 0.1) is 0 Å². The molecule has 1 fully saturated rings. The second-order valence-electron chi connectivity index (χ2n) is 7.51. The van der Waals surface area contributed by atoms with E-state index < -0.39 is 6.10 Å². The Morgan fingerprint density at radius 1 is 1.07 bits per heavy atom. The van der Waals surface area contributed by atoms with E-state index >= 15 is 0 Å². The van der Waals surface area contributed by atoms with E-state index in [9.17, 15) is 4.79 Å². The van der Waals surface area contributed by atoms with Gasteiger partial charge in [0.15, 0.2) is 17.6 Å². The van der Waals surface area contributed by atoms with Crippen molar-refractivity contribution < 1.29 is 19.0 Å². The van der Waals surface area contributed by atoms with Crippen molar-refractivity contribution in [2.75, 3.05) is 33.0 Å². The highest BCUT2D eigenvalue weighted by molar-refractivity contribution is 5.81. The molecule has 2 aliphatic heterocycles. The Balaban J connectivity index is 1.29. The fraction of sp³-hybridized carbons (Fsp3) is 0.435. The van der Waals surface area contributed by atoms with Crippen LogP contribution in [-0.2, 0) is 17.8 Å². The molecule has 2 aliphatic rings. The summed E-state index contributed by atoms with van der Waals surface area (Å²) < 4.78 is 16.8. The number of ether oxygens (including phenoxy) is 3. The normalized spacial score (nSPS) is 17.2. The summed E-state index contributed by atoms with van der Waals surface area (Å²) in [6.45, 7) is 8.19. The lowest BCUT2D eigenvalue weighted by Crippen LogP contribution is -2.51. The summed E-state index contributed by atoms with van der Waals surface area (Å²) >= 11 is 0. The van der Waals surface area contributed by atoms with Gasteiger partial charge in [-0.05, 0) is 42.7 Å². The Kier molecular flexibility index (Phi) is 5.90. The van der Waals surface area contributed by atoms with Crippen LogP contribution in [0.4, 0.5) is 0 Å². The zero-order valence-electron chi connectivity index (χ0n) is 17.1. The number of hydrogen-bond acceptors (Lipinski definition) is 5. The number of benzene rings is 2. The molecule has 1 saturated heterocycles. The van der Waals surface area contributed by atoms with E-state index in [4.69, 9.17) is 14.2 Å². The lowest BCUT2D eigenvalue weighted by Gasteiger charge is -2.36. The van der Waals surface area contributed by atoms with Crippen molar-refractivity contribution in [3.05, 3.63) is 53.6 Å². The Morgan fingerprint density at radius 2 is 1.83 bits per heavy atom. The molecular weight excluding hydrogens is 368 g/mol. The van der Waals surface area contributed by atoms with Crippen molar-refractivity contribution >= 4 is 5.91 Å². The fourth-order valence-corrected chi connectivity index (χ4v) is 3.83. The molecule has 0 bridgehead atoms. The van der Waals surface area contributed by atoms with Crippen molar-refractivity contribution in [1.29, 1.82) is 0 Å². The molecule has 154 valence electrons. The van der Waals surface area contributed by atoms with Gasteiger partial charge in [-0.15, -0.1) is 0 Å². The van der Waals surface area contributed by atoms with E-state index in [2.05, 4.69) is 17.9 Å². The maximum absolute atomic E-state index is 12.8.